The standard InChI is InChI=1S/C20H30NO3S/c1-5-21(6-2,7-3)12-14-25-15-13-23-20(22)19-16(4)17-10-8-9-11-18(17)24-19/h8-11H,5-7,12-15H2,1-4H3/q+1. The molecule has 0 aliphatic rings. The predicted molar refractivity (Wildman–Crippen MR) is 105 cm³/mol. The third-order valence-electron chi connectivity index (χ3n) is 5.21. The lowest BCUT2D eigenvalue weighted by Crippen LogP contribution is -2.49. The second-order valence-electron chi connectivity index (χ2n) is 6.31. The van der Waals surface area contributed by atoms with E-state index in [2.05, 4.69) is 20.8 Å². The van der Waals surface area contributed by atoms with Crippen molar-refractivity contribution in [3.05, 3.63) is 35.6 Å². The van der Waals surface area contributed by atoms with E-state index in [0.29, 0.717) is 12.4 Å². The number of carbonyl (C=O) groups is 1. The molecule has 1 heterocycles. The van der Waals surface area contributed by atoms with Crippen LogP contribution in [0.25, 0.3) is 11.0 Å². The lowest BCUT2D eigenvalue weighted by Gasteiger charge is -2.35. The van der Waals surface area contributed by atoms with Crippen molar-refractivity contribution in [2.45, 2.75) is 27.7 Å². The number of benzene rings is 1. The summed E-state index contributed by atoms with van der Waals surface area (Å²) in [5, 5.41) is 0.969. The molecule has 1 aromatic heterocycles. The van der Waals surface area contributed by atoms with Gasteiger partial charge in [-0.15, -0.1) is 0 Å². The van der Waals surface area contributed by atoms with Gasteiger partial charge in [-0.3, -0.25) is 0 Å². The fourth-order valence-electron chi connectivity index (χ4n) is 3.13. The van der Waals surface area contributed by atoms with E-state index in [-0.39, 0.29) is 5.97 Å². The van der Waals surface area contributed by atoms with E-state index >= 15 is 0 Å². The van der Waals surface area contributed by atoms with Crippen LogP contribution in [0.5, 0.6) is 0 Å². The molecule has 138 valence electrons. The van der Waals surface area contributed by atoms with E-state index in [0.717, 1.165) is 32.5 Å². The first-order valence-electron chi connectivity index (χ1n) is 9.15. The molecule has 0 aliphatic carbocycles. The second-order valence-corrected chi connectivity index (χ2v) is 7.54. The van der Waals surface area contributed by atoms with Crippen molar-refractivity contribution in [2.24, 2.45) is 0 Å². The number of furan rings is 1. The lowest BCUT2D eigenvalue weighted by molar-refractivity contribution is -0.920. The third kappa shape index (κ3) is 4.79. The number of esters is 1. The van der Waals surface area contributed by atoms with Crippen LogP contribution in [-0.2, 0) is 4.74 Å². The maximum absolute atomic E-state index is 12.2. The zero-order chi connectivity index (χ0) is 18.3. The van der Waals surface area contributed by atoms with Crippen LogP contribution in [0.3, 0.4) is 0 Å². The summed E-state index contributed by atoms with van der Waals surface area (Å²) in [4.78, 5) is 12.2. The number of hydrogen-bond donors (Lipinski definition) is 0. The van der Waals surface area contributed by atoms with Crippen molar-refractivity contribution >= 4 is 28.7 Å². The summed E-state index contributed by atoms with van der Waals surface area (Å²) in [5.74, 6) is 1.87. The molecule has 4 nitrogen and oxygen atoms in total. The summed E-state index contributed by atoms with van der Waals surface area (Å²) in [5.41, 5.74) is 1.58. The van der Waals surface area contributed by atoms with Gasteiger partial charge in [0.2, 0.25) is 5.76 Å². The Hall–Kier alpha value is -1.46. The minimum Gasteiger partial charge on any atom is -0.459 e. The van der Waals surface area contributed by atoms with Gasteiger partial charge in [0, 0.05) is 22.5 Å². The minimum atomic E-state index is -0.366. The van der Waals surface area contributed by atoms with Gasteiger partial charge in [-0.2, -0.15) is 11.8 Å². The molecule has 0 amide bonds. The number of quaternary nitrogens is 1. The van der Waals surface area contributed by atoms with Gasteiger partial charge in [0.25, 0.3) is 0 Å². The minimum absolute atomic E-state index is 0.324. The second kappa shape index (κ2) is 9.30. The Balaban J connectivity index is 1.76. The Kier molecular flexibility index (Phi) is 7.38. The molecule has 5 heteroatoms. The van der Waals surface area contributed by atoms with E-state index in [9.17, 15) is 4.79 Å². The SMILES string of the molecule is CC[N+](CC)(CC)CCSCCOC(=O)c1oc2ccccc2c1C. The summed E-state index contributed by atoms with van der Waals surface area (Å²) < 4.78 is 12.2. The first-order valence-corrected chi connectivity index (χ1v) is 10.3. The largest absolute Gasteiger partial charge is 0.459 e. The molecule has 0 unspecified atom stereocenters. The number of nitrogens with zero attached hydrogens (tertiary/aromatic N) is 1. The van der Waals surface area contributed by atoms with Crippen LogP contribution >= 0.6 is 11.8 Å². The number of aryl methyl sites for hydroxylation is 1. The van der Waals surface area contributed by atoms with E-state index in [4.69, 9.17) is 9.15 Å². The summed E-state index contributed by atoms with van der Waals surface area (Å²) >= 11 is 1.85. The van der Waals surface area contributed by atoms with Crippen molar-refractivity contribution < 1.29 is 18.4 Å². The van der Waals surface area contributed by atoms with Crippen molar-refractivity contribution in [3.8, 4) is 0 Å². The third-order valence-corrected chi connectivity index (χ3v) is 6.14. The molecule has 0 radical (unpaired) electrons. The van der Waals surface area contributed by atoms with Gasteiger partial charge in [0.1, 0.15) is 12.2 Å². The van der Waals surface area contributed by atoms with Gasteiger partial charge >= 0.3 is 5.97 Å². The number of hydrogen-bond acceptors (Lipinski definition) is 4. The Labute approximate surface area is 155 Å². The fourth-order valence-corrected chi connectivity index (χ4v) is 4.05. The molecule has 0 bridgehead atoms. The number of para-hydroxylation sites is 1. The topological polar surface area (TPSA) is 39.4 Å². The summed E-state index contributed by atoms with van der Waals surface area (Å²) in [6.45, 7) is 13.8. The van der Waals surface area contributed by atoms with Gasteiger partial charge in [-0.05, 0) is 33.8 Å². The normalized spacial score (nSPS) is 11.8. The number of rotatable bonds is 10. The number of carbonyl (C=O) groups excluding carboxylic acids is 1. The van der Waals surface area contributed by atoms with Crippen LogP contribution in [0.1, 0.15) is 36.9 Å². The lowest BCUT2D eigenvalue weighted by atomic mass is 10.1. The van der Waals surface area contributed by atoms with Crippen molar-refractivity contribution in [1.29, 1.82) is 0 Å². The highest BCUT2D eigenvalue weighted by Crippen LogP contribution is 2.25. The number of thioether (sulfide) groups is 1. The monoisotopic (exact) mass is 364 g/mol. The molecule has 25 heavy (non-hydrogen) atoms. The predicted octanol–water partition coefficient (Wildman–Crippen LogP) is 4.51. The molecule has 0 N–H and O–H groups in total. The quantitative estimate of drug-likeness (QED) is 0.353. The molecule has 0 fully saturated rings. The Morgan fingerprint density at radius 3 is 2.44 bits per heavy atom. The smallest absolute Gasteiger partial charge is 0.374 e. The maximum Gasteiger partial charge on any atom is 0.374 e. The molecule has 2 aromatic rings. The molecule has 1 aromatic carbocycles. The molecular weight excluding hydrogens is 334 g/mol. The van der Waals surface area contributed by atoms with Crippen LogP contribution in [-0.4, -0.2) is 54.7 Å². The highest BCUT2D eigenvalue weighted by atomic mass is 32.2. The van der Waals surface area contributed by atoms with E-state index < -0.39 is 0 Å². The van der Waals surface area contributed by atoms with Gasteiger partial charge in [-0.25, -0.2) is 4.79 Å². The highest BCUT2D eigenvalue weighted by Gasteiger charge is 2.20. The zero-order valence-electron chi connectivity index (χ0n) is 15.8. The maximum atomic E-state index is 12.2. The molecule has 2 rings (SSSR count). The van der Waals surface area contributed by atoms with Crippen LogP contribution in [0, 0.1) is 6.92 Å². The highest BCUT2D eigenvalue weighted by molar-refractivity contribution is 7.99. The van der Waals surface area contributed by atoms with Gasteiger partial charge in [0.15, 0.2) is 0 Å². The average molecular weight is 365 g/mol. The summed E-state index contributed by atoms with van der Waals surface area (Å²) in [7, 11) is 0. The van der Waals surface area contributed by atoms with Gasteiger partial charge in [0.05, 0.1) is 26.2 Å². The van der Waals surface area contributed by atoms with Crippen LogP contribution in [0.15, 0.2) is 28.7 Å². The fraction of sp³-hybridized carbons (Fsp3) is 0.550. The van der Waals surface area contributed by atoms with Gasteiger partial charge < -0.3 is 13.6 Å². The Morgan fingerprint density at radius 2 is 1.80 bits per heavy atom. The molecule has 0 spiro atoms. The van der Waals surface area contributed by atoms with E-state index in [1.807, 2.05) is 43.0 Å². The Bertz CT molecular complexity index is 683. The molecular formula is C20H30NO3S+. The van der Waals surface area contributed by atoms with E-state index in [1.54, 1.807) is 0 Å². The molecule has 0 aliphatic heterocycles. The average Bonchev–Trinajstić information content (AvgIpc) is 2.99. The van der Waals surface area contributed by atoms with Gasteiger partial charge in [-0.1, -0.05) is 18.2 Å². The summed E-state index contributed by atoms with van der Waals surface area (Å²) in [6, 6.07) is 7.67. The molecule has 0 saturated heterocycles. The van der Waals surface area contributed by atoms with Crippen LogP contribution in [0.4, 0.5) is 0 Å². The summed E-state index contributed by atoms with van der Waals surface area (Å²) in [6.07, 6.45) is 0. The van der Waals surface area contributed by atoms with Crippen LogP contribution in [0.2, 0.25) is 0 Å². The van der Waals surface area contributed by atoms with E-state index in [1.165, 1.54) is 26.2 Å². The molecule has 0 atom stereocenters. The van der Waals surface area contributed by atoms with Crippen molar-refractivity contribution in [2.75, 3.05) is 44.3 Å². The first-order chi connectivity index (χ1) is 12.1. The Morgan fingerprint density at radius 1 is 1.12 bits per heavy atom. The zero-order valence-corrected chi connectivity index (χ0v) is 16.7. The van der Waals surface area contributed by atoms with Crippen molar-refractivity contribution in [3.63, 3.8) is 0 Å². The van der Waals surface area contributed by atoms with Crippen molar-refractivity contribution in [1.82, 2.24) is 0 Å². The molecule has 0 saturated carbocycles. The first kappa shape index (κ1) is 19.9. The number of ether oxygens (including phenoxy) is 1. The number of fused-ring (bicyclic) bond motifs is 1. The van der Waals surface area contributed by atoms with Crippen LogP contribution < -0.4 is 0 Å².